The molecule has 2 N–H and O–H groups in total. The van der Waals surface area contributed by atoms with Crippen LogP contribution in [0.4, 0.5) is 4.39 Å². The topological polar surface area (TPSA) is 71.8 Å². The molecule has 0 bridgehead atoms. The van der Waals surface area contributed by atoms with Gasteiger partial charge in [-0.15, -0.1) is 5.10 Å². The standard InChI is InChI=1S/C14H16FN5O/c15-12-4-2-1-3-10(12)5-6-17-14(21)13-9-20(19-18-13)11-7-16-8-11/h1-4,9,11,16H,5-8H2,(H,17,21). The average Bonchev–Trinajstić information content (AvgIpc) is 2.88. The first-order valence-corrected chi connectivity index (χ1v) is 6.88. The minimum absolute atomic E-state index is 0.254. The second-order valence-corrected chi connectivity index (χ2v) is 4.99. The molecular weight excluding hydrogens is 273 g/mol. The lowest BCUT2D eigenvalue weighted by Gasteiger charge is -2.26. The lowest BCUT2D eigenvalue weighted by atomic mass is 10.1. The Bertz CT molecular complexity index is 638. The van der Waals surface area contributed by atoms with Crippen molar-refractivity contribution in [3.05, 3.63) is 47.5 Å². The lowest BCUT2D eigenvalue weighted by molar-refractivity contribution is 0.0949. The first kappa shape index (κ1) is 13.7. The monoisotopic (exact) mass is 289 g/mol. The highest BCUT2D eigenvalue weighted by atomic mass is 19.1. The first-order valence-electron chi connectivity index (χ1n) is 6.88. The molecule has 0 aliphatic carbocycles. The van der Waals surface area contributed by atoms with E-state index in [9.17, 15) is 9.18 Å². The van der Waals surface area contributed by atoms with Crippen molar-refractivity contribution in [3.63, 3.8) is 0 Å². The van der Waals surface area contributed by atoms with Gasteiger partial charge in [0.05, 0.1) is 12.2 Å². The van der Waals surface area contributed by atoms with Gasteiger partial charge in [0.2, 0.25) is 0 Å². The molecule has 0 saturated carbocycles. The number of halogens is 1. The Morgan fingerprint density at radius 3 is 2.95 bits per heavy atom. The Kier molecular flexibility index (Phi) is 3.92. The van der Waals surface area contributed by atoms with Gasteiger partial charge in [-0.05, 0) is 18.1 Å². The molecule has 0 spiro atoms. The Labute approximate surface area is 121 Å². The van der Waals surface area contributed by atoms with E-state index in [1.807, 2.05) is 0 Å². The third-order valence-corrected chi connectivity index (χ3v) is 3.51. The third kappa shape index (κ3) is 3.08. The van der Waals surface area contributed by atoms with E-state index >= 15 is 0 Å². The fourth-order valence-corrected chi connectivity index (χ4v) is 2.12. The zero-order valence-electron chi connectivity index (χ0n) is 11.4. The summed E-state index contributed by atoms with van der Waals surface area (Å²) in [5, 5.41) is 13.7. The van der Waals surface area contributed by atoms with Gasteiger partial charge in [-0.25, -0.2) is 9.07 Å². The number of nitrogens with zero attached hydrogens (tertiary/aromatic N) is 3. The van der Waals surface area contributed by atoms with Crippen LogP contribution in [0.2, 0.25) is 0 Å². The second kappa shape index (κ2) is 6.01. The smallest absolute Gasteiger partial charge is 0.273 e. The molecule has 3 rings (SSSR count). The third-order valence-electron chi connectivity index (χ3n) is 3.51. The molecule has 1 aliphatic heterocycles. The van der Waals surface area contributed by atoms with E-state index in [4.69, 9.17) is 0 Å². The van der Waals surface area contributed by atoms with Gasteiger partial charge >= 0.3 is 0 Å². The van der Waals surface area contributed by atoms with Gasteiger partial charge in [0, 0.05) is 19.6 Å². The molecular formula is C14H16FN5O. The van der Waals surface area contributed by atoms with Crippen molar-refractivity contribution >= 4 is 5.91 Å². The fourth-order valence-electron chi connectivity index (χ4n) is 2.12. The van der Waals surface area contributed by atoms with Gasteiger partial charge in [0.15, 0.2) is 5.69 Å². The van der Waals surface area contributed by atoms with Crippen LogP contribution < -0.4 is 10.6 Å². The predicted molar refractivity (Wildman–Crippen MR) is 74.4 cm³/mol. The van der Waals surface area contributed by atoms with E-state index < -0.39 is 0 Å². The summed E-state index contributed by atoms with van der Waals surface area (Å²) in [6, 6.07) is 6.82. The average molecular weight is 289 g/mol. The number of carbonyl (C=O) groups excluding carboxylic acids is 1. The molecule has 0 radical (unpaired) electrons. The molecule has 21 heavy (non-hydrogen) atoms. The van der Waals surface area contributed by atoms with Crippen LogP contribution in [0.25, 0.3) is 0 Å². The number of rotatable bonds is 5. The van der Waals surface area contributed by atoms with Crippen molar-refractivity contribution in [1.82, 2.24) is 25.6 Å². The minimum Gasteiger partial charge on any atom is -0.350 e. The van der Waals surface area contributed by atoms with Crippen molar-refractivity contribution in [2.24, 2.45) is 0 Å². The van der Waals surface area contributed by atoms with Gasteiger partial charge in [0.1, 0.15) is 5.82 Å². The van der Waals surface area contributed by atoms with Crippen LogP contribution in [0, 0.1) is 5.82 Å². The molecule has 1 aromatic carbocycles. The number of aromatic nitrogens is 3. The first-order chi connectivity index (χ1) is 10.2. The number of hydrogen-bond donors (Lipinski definition) is 2. The predicted octanol–water partition coefficient (Wildman–Crippen LogP) is 0.534. The number of nitrogens with one attached hydrogen (secondary N) is 2. The summed E-state index contributed by atoms with van der Waals surface area (Å²) in [5.74, 6) is -0.542. The van der Waals surface area contributed by atoms with E-state index in [1.165, 1.54) is 6.07 Å². The normalized spacial score (nSPS) is 14.7. The second-order valence-electron chi connectivity index (χ2n) is 4.99. The molecule has 6 nitrogen and oxygen atoms in total. The number of amides is 1. The Morgan fingerprint density at radius 1 is 1.43 bits per heavy atom. The molecule has 110 valence electrons. The summed E-state index contributed by atoms with van der Waals surface area (Å²) < 4.78 is 15.1. The fraction of sp³-hybridized carbons (Fsp3) is 0.357. The Hall–Kier alpha value is -2.28. The van der Waals surface area contributed by atoms with E-state index in [0.717, 1.165) is 13.1 Å². The molecule has 0 unspecified atom stereocenters. The van der Waals surface area contributed by atoms with Crippen LogP contribution in [0.1, 0.15) is 22.1 Å². The largest absolute Gasteiger partial charge is 0.350 e. The number of hydrogen-bond acceptors (Lipinski definition) is 4. The van der Waals surface area contributed by atoms with Gasteiger partial charge in [0.25, 0.3) is 5.91 Å². The molecule has 0 atom stereocenters. The van der Waals surface area contributed by atoms with Crippen LogP contribution in [-0.4, -0.2) is 40.5 Å². The highest BCUT2D eigenvalue weighted by molar-refractivity contribution is 5.91. The van der Waals surface area contributed by atoms with Gasteiger partial charge < -0.3 is 10.6 Å². The van der Waals surface area contributed by atoms with Crippen molar-refractivity contribution in [2.75, 3.05) is 19.6 Å². The lowest BCUT2D eigenvalue weighted by Crippen LogP contribution is -2.43. The molecule has 2 aromatic rings. The zero-order valence-corrected chi connectivity index (χ0v) is 11.4. The van der Waals surface area contributed by atoms with E-state index in [1.54, 1.807) is 29.1 Å². The molecule has 1 saturated heterocycles. The highest BCUT2D eigenvalue weighted by Gasteiger charge is 2.21. The molecule has 1 aromatic heterocycles. The van der Waals surface area contributed by atoms with Crippen molar-refractivity contribution in [2.45, 2.75) is 12.5 Å². The van der Waals surface area contributed by atoms with Crippen LogP contribution in [0.3, 0.4) is 0 Å². The summed E-state index contributed by atoms with van der Waals surface area (Å²) >= 11 is 0. The Morgan fingerprint density at radius 2 is 2.24 bits per heavy atom. The van der Waals surface area contributed by atoms with Crippen molar-refractivity contribution in [1.29, 1.82) is 0 Å². The highest BCUT2D eigenvalue weighted by Crippen LogP contribution is 2.10. The summed E-state index contributed by atoms with van der Waals surface area (Å²) in [6.07, 6.45) is 2.09. The summed E-state index contributed by atoms with van der Waals surface area (Å²) in [7, 11) is 0. The van der Waals surface area contributed by atoms with Gasteiger partial charge in [-0.3, -0.25) is 4.79 Å². The number of carbonyl (C=O) groups is 1. The summed E-state index contributed by atoms with van der Waals surface area (Å²) in [5.41, 5.74) is 0.873. The SMILES string of the molecule is O=C(NCCc1ccccc1F)c1cn(C2CNC2)nn1. The van der Waals surface area contributed by atoms with Crippen LogP contribution >= 0.6 is 0 Å². The van der Waals surface area contributed by atoms with Crippen molar-refractivity contribution in [3.8, 4) is 0 Å². The molecule has 1 amide bonds. The maximum Gasteiger partial charge on any atom is 0.273 e. The number of benzene rings is 1. The summed E-state index contributed by atoms with van der Waals surface area (Å²) in [4.78, 5) is 11.9. The quantitative estimate of drug-likeness (QED) is 0.842. The van der Waals surface area contributed by atoms with E-state index in [2.05, 4.69) is 20.9 Å². The zero-order chi connectivity index (χ0) is 14.7. The van der Waals surface area contributed by atoms with E-state index in [-0.39, 0.29) is 23.5 Å². The maximum absolute atomic E-state index is 13.4. The van der Waals surface area contributed by atoms with Crippen LogP contribution in [0.15, 0.2) is 30.5 Å². The van der Waals surface area contributed by atoms with Crippen LogP contribution in [0.5, 0.6) is 0 Å². The minimum atomic E-state index is -0.287. The maximum atomic E-state index is 13.4. The summed E-state index contributed by atoms with van der Waals surface area (Å²) in [6.45, 7) is 2.05. The molecule has 7 heteroatoms. The van der Waals surface area contributed by atoms with E-state index in [0.29, 0.717) is 18.5 Å². The van der Waals surface area contributed by atoms with Crippen molar-refractivity contribution < 1.29 is 9.18 Å². The van der Waals surface area contributed by atoms with Gasteiger partial charge in [-0.2, -0.15) is 0 Å². The molecule has 2 heterocycles. The van der Waals surface area contributed by atoms with Crippen LogP contribution in [-0.2, 0) is 6.42 Å². The van der Waals surface area contributed by atoms with Gasteiger partial charge in [-0.1, -0.05) is 23.4 Å². The Balaban J connectivity index is 1.52. The molecule has 1 fully saturated rings. The molecule has 1 aliphatic rings.